The van der Waals surface area contributed by atoms with Crippen LogP contribution in [0.4, 0.5) is 0 Å². The smallest absolute Gasteiger partial charge is 0.223 e. The van der Waals surface area contributed by atoms with Crippen molar-refractivity contribution in [3.63, 3.8) is 0 Å². The van der Waals surface area contributed by atoms with Crippen LogP contribution in [0.1, 0.15) is 37.9 Å². The zero-order valence-electron chi connectivity index (χ0n) is 13.6. The second-order valence-electron chi connectivity index (χ2n) is 7.17. The molecule has 1 aromatic heterocycles. The highest BCUT2D eigenvalue weighted by molar-refractivity contribution is 5.79. The molecule has 0 radical (unpaired) electrons. The Kier molecular flexibility index (Phi) is 3.85. The van der Waals surface area contributed by atoms with Crippen LogP contribution in [0.15, 0.2) is 34.7 Å². The third-order valence-corrected chi connectivity index (χ3v) is 5.62. The van der Waals surface area contributed by atoms with Gasteiger partial charge in [-0.15, -0.1) is 0 Å². The fourth-order valence-corrected chi connectivity index (χ4v) is 4.09. The number of piperidine rings is 1. The number of aliphatic hydroxyl groups is 2. The van der Waals surface area contributed by atoms with Crippen molar-refractivity contribution in [3.05, 3.63) is 36.1 Å². The van der Waals surface area contributed by atoms with E-state index < -0.39 is 12.2 Å². The first kappa shape index (κ1) is 15.7. The van der Waals surface area contributed by atoms with Crippen LogP contribution in [0.2, 0.25) is 0 Å². The number of carbonyl (C=O) groups excluding carboxylic acids is 1. The number of aliphatic hydroxyl groups excluding tert-OH is 2. The number of hydrogen-bond acceptors (Lipinski definition) is 4. The first-order chi connectivity index (χ1) is 11.6. The Labute approximate surface area is 140 Å². The van der Waals surface area contributed by atoms with Gasteiger partial charge in [0.25, 0.3) is 0 Å². The number of β-amino-alcohol motifs (C(OH)–C–C–N with tert-alkyl or cyclic N) is 1. The molecule has 2 atom stereocenters. The summed E-state index contributed by atoms with van der Waals surface area (Å²) in [6, 6.07) is 9.80. The van der Waals surface area contributed by atoms with Crippen LogP contribution >= 0.6 is 0 Å². The minimum Gasteiger partial charge on any atom is -0.461 e. The molecule has 1 aliphatic carbocycles. The standard InChI is InChI=1S/C19H23NO4/c21-15-11-19(8-3-9-19)20(12-16(15)22)18(23)7-6-14-10-13-4-1-2-5-17(13)24-14/h1-2,4-5,10,15-16,21-22H,3,6-9,11-12H2/t15-,16+/m0/s1. The van der Waals surface area contributed by atoms with E-state index >= 15 is 0 Å². The minimum atomic E-state index is -0.841. The molecule has 128 valence electrons. The molecule has 1 spiro atoms. The van der Waals surface area contributed by atoms with Gasteiger partial charge >= 0.3 is 0 Å². The molecule has 0 unspecified atom stereocenters. The van der Waals surface area contributed by atoms with Crippen LogP contribution in [0, 0.1) is 0 Å². The number of aryl methyl sites for hydroxylation is 1. The fourth-order valence-electron chi connectivity index (χ4n) is 4.09. The maximum atomic E-state index is 12.7. The molecule has 24 heavy (non-hydrogen) atoms. The molecule has 2 aliphatic rings. The van der Waals surface area contributed by atoms with Gasteiger partial charge in [-0.3, -0.25) is 4.79 Å². The van der Waals surface area contributed by atoms with Gasteiger partial charge in [0.1, 0.15) is 11.3 Å². The van der Waals surface area contributed by atoms with E-state index in [0.29, 0.717) is 19.3 Å². The lowest BCUT2D eigenvalue weighted by Gasteiger charge is -2.55. The number of para-hydroxylation sites is 1. The average molecular weight is 329 g/mol. The lowest BCUT2D eigenvalue weighted by Crippen LogP contribution is -2.65. The van der Waals surface area contributed by atoms with E-state index in [2.05, 4.69) is 0 Å². The topological polar surface area (TPSA) is 73.9 Å². The van der Waals surface area contributed by atoms with Crippen LogP contribution in [0.3, 0.4) is 0 Å². The summed E-state index contributed by atoms with van der Waals surface area (Å²) in [5, 5.41) is 21.0. The van der Waals surface area contributed by atoms with Crippen molar-refractivity contribution < 1.29 is 19.4 Å². The van der Waals surface area contributed by atoms with E-state index in [9.17, 15) is 15.0 Å². The van der Waals surface area contributed by atoms with Gasteiger partial charge in [-0.2, -0.15) is 0 Å². The van der Waals surface area contributed by atoms with Crippen LogP contribution in [0.25, 0.3) is 11.0 Å². The van der Waals surface area contributed by atoms with Crippen molar-refractivity contribution >= 4 is 16.9 Å². The van der Waals surface area contributed by atoms with Gasteiger partial charge in [-0.25, -0.2) is 0 Å². The van der Waals surface area contributed by atoms with Crippen LogP contribution in [0.5, 0.6) is 0 Å². The number of benzene rings is 1. The summed E-state index contributed by atoms with van der Waals surface area (Å²) in [6.07, 6.45) is 2.78. The Balaban J connectivity index is 1.45. The van der Waals surface area contributed by atoms with Crippen LogP contribution < -0.4 is 0 Å². The highest BCUT2D eigenvalue weighted by atomic mass is 16.3. The second kappa shape index (κ2) is 5.90. The lowest BCUT2D eigenvalue weighted by molar-refractivity contribution is -0.162. The molecular weight excluding hydrogens is 306 g/mol. The van der Waals surface area contributed by atoms with Crippen molar-refractivity contribution in [1.82, 2.24) is 4.90 Å². The third-order valence-electron chi connectivity index (χ3n) is 5.62. The summed E-state index contributed by atoms with van der Waals surface area (Å²) in [6.45, 7) is 0.236. The summed E-state index contributed by atoms with van der Waals surface area (Å²) in [5.74, 6) is 0.853. The number of carbonyl (C=O) groups is 1. The predicted octanol–water partition coefficient (Wildman–Crippen LogP) is 2.24. The lowest BCUT2D eigenvalue weighted by atomic mass is 9.68. The summed E-state index contributed by atoms with van der Waals surface area (Å²) in [7, 11) is 0. The van der Waals surface area contributed by atoms with E-state index in [1.165, 1.54) is 0 Å². The molecule has 2 N–H and O–H groups in total. The molecule has 1 amide bonds. The Morgan fingerprint density at radius 1 is 1.25 bits per heavy atom. The number of nitrogens with zero attached hydrogens (tertiary/aromatic N) is 1. The van der Waals surface area contributed by atoms with Gasteiger partial charge in [0.05, 0.1) is 12.2 Å². The van der Waals surface area contributed by atoms with Crippen molar-refractivity contribution in [3.8, 4) is 0 Å². The normalized spacial score (nSPS) is 25.8. The van der Waals surface area contributed by atoms with Crippen molar-refractivity contribution in [1.29, 1.82) is 0 Å². The summed E-state index contributed by atoms with van der Waals surface area (Å²) in [5.41, 5.74) is 0.607. The highest BCUT2D eigenvalue weighted by Gasteiger charge is 2.50. The van der Waals surface area contributed by atoms with Crippen LogP contribution in [-0.4, -0.2) is 45.3 Å². The predicted molar refractivity (Wildman–Crippen MR) is 89.5 cm³/mol. The molecular formula is C19H23NO4. The van der Waals surface area contributed by atoms with E-state index in [0.717, 1.165) is 36.0 Å². The van der Waals surface area contributed by atoms with E-state index in [4.69, 9.17) is 4.42 Å². The minimum absolute atomic E-state index is 0.0427. The molecule has 2 aromatic rings. The monoisotopic (exact) mass is 329 g/mol. The molecule has 5 heteroatoms. The zero-order valence-corrected chi connectivity index (χ0v) is 13.6. The SMILES string of the molecule is O=C(CCc1cc2ccccc2o1)N1C[C@@H](O)[C@@H](O)CC12CCC2. The van der Waals surface area contributed by atoms with Crippen LogP contribution in [-0.2, 0) is 11.2 Å². The number of fused-ring (bicyclic) bond motifs is 1. The molecule has 0 bridgehead atoms. The van der Waals surface area contributed by atoms with E-state index in [1.807, 2.05) is 35.2 Å². The Hall–Kier alpha value is -1.85. The molecule has 1 aliphatic heterocycles. The Morgan fingerprint density at radius 2 is 2.04 bits per heavy atom. The maximum absolute atomic E-state index is 12.7. The molecule has 2 fully saturated rings. The first-order valence-electron chi connectivity index (χ1n) is 8.71. The third kappa shape index (κ3) is 2.62. The van der Waals surface area contributed by atoms with Gasteiger partial charge in [0.15, 0.2) is 0 Å². The van der Waals surface area contributed by atoms with Gasteiger partial charge in [-0.05, 0) is 37.8 Å². The molecule has 4 rings (SSSR count). The maximum Gasteiger partial charge on any atom is 0.223 e. The Morgan fingerprint density at radius 3 is 2.75 bits per heavy atom. The number of hydrogen-bond donors (Lipinski definition) is 2. The highest BCUT2D eigenvalue weighted by Crippen LogP contribution is 2.44. The van der Waals surface area contributed by atoms with Crippen molar-refractivity contribution in [2.24, 2.45) is 0 Å². The van der Waals surface area contributed by atoms with E-state index in [1.54, 1.807) is 0 Å². The number of amides is 1. The average Bonchev–Trinajstić information content (AvgIpc) is 2.96. The summed E-state index contributed by atoms with van der Waals surface area (Å²) in [4.78, 5) is 14.6. The van der Waals surface area contributed by atoms with Gasteiger partial charge < -0.3 is 19.5 Å². The van der Waals surface area contributed by atoms with Gasteiger partial charge in [0, 0.05) is 30.3 Å². The second-order valence-corrected chi connectivity index (χ2v) is 7.17. The van der Waals surface area contributed by atoms with Crippen molar-refractivity contribution in [2.75, 3.05) is 6.54 Å². The Bertz CT molecular complexity index is 716. The zero-order chi connectivity index (χ0) is 16.7. The van der Waals surface area contributed by atoms with Gasteiger partial charge in [0.2, 0.25) is 5.91 Å². The molecule has 1 aromatic carbocycles. The molecule has 1 saturated carbocycles. The first-order valence-corrected chi connectivity index (χ1v) is 8.71. The fraction of sp³-hybridized carbons (Fsp3) is 0.526. The number of likely N-dealkylation sites (tertiary alicyclic amines) is 1. The van der Waals surface area contributed by atoms with E-state index in [-0.39, 0.29) is 18.0 Å². The van der Waals surface area contributed by atoms with Gasteiger partial charge in [-0.1, -0.05) is 18.2 Å². The largest absolute Gasteiger partial charge is 0.461 e. The van der Waals surface area contributed by atoms with Crippen molar-refractivity contribution in [2.45, 2.75) is 56.3 Å². The molecule has 5 nitrogen and oxygen atoms in total. The summed E-state index contributed by atoms with van der Waals surface area (Å²) < 4.78 is 5.78. The number of rotatable bonds is 3. The number of furan rings is 1. The quantitative estimate of drug-likeness (QED) is 0.906. The summed E-state index contributed by atoms with van der Waals surface area (Å²) >= 11 is 0. The molecule has 1 saturated heterocycles. The molecule has 2 heterocycles.